The fourth-order valence-electron chi connectivity index (χ4n) is 1.78. The van der Waals surface area contributed by atoms with Crippen LogP contribution < -0.4 is 5.32 Å². The first-order valence-electron chi connectivity index (χ1n) is 5.66. The number of rotatable bonds is 3. The van der Waals surface area contributed by atoms with Crippen molar-refractivity contribution in [1.29, 1.82) is 0 Å². The average molecular weight is 270 g/mol. The first kappa shape index (κ1) is 13.7. The van der Waals surface area contributed by atoms with Crippen LogP contribution in [-0.2, 0) is 4.74 Å². The molecule has 8 nitrogen and oxygen atoms in total. The number of non-ortho nitro benzene ring substituents is 1. The van der Waals surface area contributed by atoms with E-state index in [1.165, 1.54) is 24.3 Å². The van der Waals surface area contributed by atoms with E-state index in [0.717, 1.165) is 0 Å². The van der Waals surface area contributed by atoms with Gasteiger partial charge in [-0.25, -0.2) is 0 Å². The van der Waals surface area contributed by atoms with Crippen molar-refractivity contribution in [2.24, 2.45) is 0 Å². The van der Waals surface area contributed by atoms with Crippen LogP contribution in [0.3, 0.4) is 0 Å². The largest absolute Gasteiger partial charge is 0.388 e. The molecule has 0 bridgehead atoms. The zero-order valence-electron chi connectivity index (χ0n) is 9.84. The van der Waals surface area contributed by atoms with Crippen LogP contribution >= 0.6 is 0 Å². The monoisotopic (exact) mass is 270 g/mol. The minimum absolute atomic E-state index is 0.0499. The van der Waals surface area contributed by atoms with Crippen LogP contribution in [-0.4, -0.2) is 51.4 Å². The zero-order chi connectivity index (χ0) is 14.0. The fourth-order valence-corrected chi connectivity index (χ4v) is 1.78. The molecule has 1 aliphatic heterocycles. The van der Waals surface area contributed by atoms with Gasteiger partial charge in [0.2, 0.25) is 0 Å². The molecule has 4 atom stereocenters. The molecule has 19 heavy (non-hydrogen) atoms. The molecule has 1 aromatic rings. The number of hydrogen-bond acceptors (Lipinski definition) is 7. The number of nitro groups is 1. The number of hydrogen-bond donors (Lipinski definition) is 4. The Morgan fingerprint density at radius 2 is 1.84 bits per heavy atom. The number of anilines is 1. The van der Waals surface area contributed by atoms with E-state index in [-0.39, 0.29) is 12.3 Å². The lowest BCUT2D eigenvalue weighted by molar-refractivity contribution is -0.384. The third-order valence-electron chi connectivity index (χ3n) is 2.89. The van der Waals surface area contributed by atoms with E-state index >= 15 is 0 Å². The van der Waals surface area contributed by atoms with Gasteiger partial charge in [-0.1, -0.05) is 0 Å². The van der Waals surface area contributed by atoms with Crippen LogP contribution in [0, 0.1) is 10.1 Å². The number of aliphatic hydroxyl groups excluding tert-OH is 3. The summed E-state index contributed by atoms with van der Waals surface area (Å²) in [5, 5.41) is 41.8. The van der Waals surface area contributed by atoms with E-state index in [9.17, 15) is 25.4 Å². The van der Waals surface area contributed by atoms with Gasteiger partial charge in [0, 0.05) is 17.8 Å². The fraction of sp³-hybridized carbons (Fsp3) is 0.455. The first-order valence-corrected chi connectivity index (χ1v) is 5.66. The highest BCUT2D eigenvalue weighted by Crippen LogP contribution is 2.20. The van der Waals surface area contributed by atoms with Crippen molar-refractivity contribution in [1.82, 2.24) is 0 Å². The highest BCUT2D eigenvalue weighted by atomic mass is 16.6. The van der Waals surface area contributed by atoms with Gasteiger partial charge in [-0.05, 0) is 12.1 Å². The Labute approximate surface area is 108 Å². The molecule has 0 aliphatic carbocycles. The summed E-state index contributed by atoms with van der Waals surface area (Å²) in [4.78, 5) is 9.97. The number of ether oxygens (including phenoxy) is 1. The smallest absolute Gasteiger partial charge is 0.269 e. The molecule has 1 heterocycles. The van der Waals surface area contributed by atoms with Crippen molar-refractivity contribution in [2.45, 2.75) is 24.5 Å². The van der Waals surface area contributed by atoms with Crippen molar-refractivity contribution >= 4 is 11.4 Å². The normalized spacial score (nSPS) is 30.9. The van der Waals surface area contributed by atoms with E-state index in [1.54, 1.807) is 0 Å². The lowest BCUT2D eigenvalue weighted by atomic mass is 10.0. The molecule has 8 heteroatoms. The molecule has 104 valence electrons. The molecule has 0 unspecified atom stereocenters. The van der Waals surface area contributed by atoms with Gasteiger partial charge >= 0.3 is 0 Å². The molecule has 0 amide bonds. The predicted molar refractivity (Wildman–Crippen MR) is 64.5 cm³/mol. The number of aliphatic hydroxyl groups is 3. The van der Waals surface area contributed by atoms with Gasteiger partial charge in [0.1, 0.15) is 18.3 Å². The van der Waals surface area contributed by atoms with Crippen molar-refractivity contribution in [3.8, 4) is 0 Å². The molecular formula is C11H14N2O6. The summed E-state index contributed by atoms with van der Waals surface area (Å²) in [7, 11) is 0. The highest BCUT2D eigenvalue weighted by molar-refractivity contribution is 5.49. The van der Waals surface area contributed by atoms with Crippen LogP contribution in [0.1, 0.15) is 0 Å². The topological polar surface area (TPSA) is 125 Å². The lowest BCUT2D eigenvalue weighted by Gasteiger charge is -2.35. The maximum absolute atomic E-state index is 10.5. The van der Waals surface area contributed by atoms with Crippen LogP contribution in [0.25, 0.3) is 0 Å². The summed E-state index contributed by atoms with van der Waals surface area (Å²) < 4.78 is 5.15. The molecule has 1 aromatic carbocycles. The Kier molecular flexibility index (Phi) is 3.96. The molecule has 0 saturated carbocycles. The van der Waals surface area contributed by atoms with Crippen molar-refractivity contribution < 1.29 is 25.0 Å². The van der Waals surface area contributed by atoms with Crippen molar-refractivity contribution in [2.75, 3.05) is 11.9 Å². The SMILES string of the molecule is O=[N+]([O-])c1ccc(N[C@@H]2OC[C@H](O)[C@H](O)[C@@H]2O)cc1. The number of nitrogens with zero attached hydrogens (tertiary/aromatic N) is 1. The minimum Gasteiger partial charge on any atom is -0.388 e. The Balaban J connectivity index is 2.03. The van der Waals surface area contributed by atoms with E-state index in [0.29, 0.717) is 5.69 Å². The average Bonchev–Trinajstić information content (AvgIpc) is 2.40. The van der Waals surface area contributed by atoms with Gasteiger partial charge < -0.3 is 25.4 Å². The molecule has 1 aliphatic rings. The first-order chi connectivity index (χ1) is 8.99. The zero-order valence-corrected chi connectivity index (χ0v) is 9.84. The van der Waals surface area contributed by atoms with Gasteiger partial charge in [-0.3, -0.25) is 10.1 Å². The summed E-state index contributed by atoms with van der Waals surface area (Å²) in [6.07, 6.45) is -4.62. The maximum atomic E-state index is 10.5. The quantitative estimate of drug-likeness (QED) is 0.428. The van der Waals surface area contributed by atoms with Crippen LogP contribution in [0.5, 0.6) is 0 Å². The molecule has 1 saturated heterocycles. The van der Waals surface area contributed by atoms with Gasteiger partial charge in [-0.15, -0.1) is 0 Å². The Morgan fingerprint density at radius 1 is 1.21 bits per heavy atom. The molecule has 1 fully saturated rings. The second-order valence-corrected chi connectivity index (χ2v) is 4.25. The Hall–Kier alpha value is -1.74. The molecule has 4 N–H and O–H groups in total. The second kappa shape index (κ2) is 5.49. The van der Waals surface area contributed by atoms with Crippen LogP contribution in [0.4, 0.5) is 11.4 Å². The van der Waals surface area contributed by atoms with E-state index in [4.69, 9.17) is 4.74 Å². The molecule has 0 spiro atoms. The van der Waals surface area contributed by atoms with Gasteiger partial charge in [0.15, 0.2) is 6.23 Å². The number of nitrogens with one attached hydrogen (secondary N) is 1. The van der Waals surface area contributed by atoms with E-state index in [2.05, 4.69) is 5.32 Å². The van der Waals surface area contributed by atoms with Crippen molar-refractivity contribution in [3.05, 3.63) is 34.4 Å². The summed E-state index contributed by atoms with van der Waals surface area (Å²) in [6, 6.07) is 5.54. The Bertz CT molecular complexity index is 451. The van der Waals surface area contributed by atoms with Gasteiger partial charge in [0.05, 0.1) is 11.5 Å². The van der Waals surface area contributed by atoms with Crippen LogP contribution in [0.15, 0.2) is 24.3 Å². The second-order valence-electron chi connectivity index (χ2n) is 4.25. The predicted octanol–water partition coefficient (Wildman–Crippen LogP) is -0.554. The Morgan fingerprint density at radius 3 is 2.42 bits per heavy atom. The standard InChI is InChI=1S/C11H14N2O6/c14-8-5-19-11(10(16)9(8)15)12-6-1-3-7(4-2-6)13(17)18/h1-4,8-12,14-16H,5H2/t8-,9-,10-,11+/m0/s1. The summed E-state index contributed by atoms with van der Waals surface area (Å²) in [5.74, 6) is 0. The van der Waals surface area contributed by atoms with E-state index < -0.39 is 29.5 Å². The van der Waals surface area contributed by atoms with Gasteiger partial charge in [-0.2, -0.15) is 0 Å². The lowest BCUT2D eigenvalue weighted by Crippen LogP contribution is -2.55. The minimum atomic E-state index is -1.30. The molecule has 0 radical (unpaired) electrons. The van der Waals surface area contributed by atoms with E-state index in [1.807, 2.05) is 0 Å². The maximum Gasteiger partial charge on any atom is 0.269 e. The summed E-state index contributed by atoms with van der Waals surface area (Å²) >= 11 is 0. The summed E-state index contributed by atoms with van der Waals surface area (Å²) in [5.41, 5.74) is 0.448. The number of nitro benzene ring substituents is 1. The third kappa shape index (κ3) is 2.99. The van der Waals surface area contributed by atoms with Crippen molar-refractivity contribution in [3.63, 3.8) is 0 Å². The molecule has 0 aromatic heterocycles. The summed E-state index contributed by atoms with van der Waals surface area (Å²) in [6.45, 7) is -0.108. The third-order valence-corrected chi connectivity index (χ3v) is 2.89. The molecular weight excluding hydrogens is 256 g/mol. The van der Waals surface area contributed by atoms with Gasteiger partial charge in [0.25, 0.3) is 5.69 Å². The highest BCUT2D eigenvalue weighted by Gasteiger charge is 2.37. The molecule has 2 rings (SSSR count). The van der Waals surface area contributed by atoms with Crippen LogP contribution in [0.2, 0.25) is 0 Å². The number of benzene rings is 1.